The van der Waals surface area contributed by atoms with E-state index in [-0.39, 0.29) is 48.6 Å². The summed E-state index contributed by atoms with van der Waals surface area (Å²) in [5.74, 6) is -4.16. The maximum Gasteiger partial charge on any atom is 0.340 e. The van der Waals surface area contributed by atoms with Crippen molar-refractivity contribution in [3.05, 3.63) is 29.8 Å². The molecule has 5 aliphatic carbocycles. The first kappa shape index (κ1) is 38.1. The highest BCUT2D eigenvalue weighted by Crippen LogP contribution is 2.80. The van der Waals surface area contributed by atoms with E-state index in [0.29, 0.717) is 32.4 Å². The van der Waals surface area contributed by atoms with Crippen LogP contribution in [0, 0.1) is 40.4 Å². The van der Waals surface area contributed by atoms with Gasteiger partial charge in [-0.3, -0.25) is 19.3 Å². The van der Waals surface area contributed by atoms with Crippen molar-refractivity contribution in [2.45, 2.75) is 94.5 Å². The number of benzene rings is 1. The topological polar surface area (TPSA) is 179 Å². The molecule has 292 valence electrons. The van der Waals surface area contributed by atoms with Gasteiger partial charge < -0.3 is 44.0 Å². The van der Waals surface area contributed by atoms with Gasteiger partial charge in [0.15, 0.2) is 0 Å². The highest BCUT2D eigenvalue weighted by atomic mass is 16.6. The summed E-state index contributed by atoms with van der Waals surface area (Å²) < 4.78 is 35.9. The van der Waals surface area contributed by atoms with Crippen molar-refractivity contribution in [2.75, 3.05) is 53.5 Å². The van der Waals surface area contributed by atoms with Crippen LogP contribution in [0.5, 0.6) is 0 Å². The first-order valence-corrected chi connectivity index (χ1v) is 18.8. The number of piperidine rings is 1. The summed E-state index contributed by atoms with van der Waals surface area (Å²) in [6.45, 7) is 6.00. The van der Waals surface area contributed by atoms with Gasteiger partial charge in [0, 0.05) is 76.2 Å². The number of hydrogen-bond donors (Lipinski definition) is 3. The number of amides is 1. The maximum atomic E-state index is 14.0. The number of carbonyl (C=O) groups is 4. The Bertz CT molecular complexity index is 1640. The standard InChI is InChI=1S/C39H54N2O12/c1-8-41-18-36(19-52-34(45)22-11-9-10-12-25(22)40-28(43)15-20(2)33(44)51-7)14-13-27(49-5)38-24-16-23-26(48-4)17-37(46,29(24)30(23)53-21(3)42)39(47,35(38)41)32(50-6)31(36)38/h9-12,20,23-24,26-27,29-32,35,46-47H,8,13-19H2,1-7H3,(H,40,43). The number of hydrogen-bond acceptors (Lipinski definition) is 13. The third-order valence-electron chi connectivity index (χ3n) is 14.3. The van der Waals surface area contributed by atoms with Crippen LogP contribution >= 0.6 is 0 Å². The second-order valence-corrected chi connectivity index (χ2v) is 16.4. The average Bonchev–Trinajstić information content (AvgIpc) is 3.53. The van der Waals surface area contributed by atoms with E-state index in [2.05, 4.69) is 10.2 Å². The highest BCUT2D eigenvalue weighted by Gasteiger charge is 2.92. The molecular formula is C39H54N2O12. The van der Waals surface area contributed by atoms with Crippen molar-refractivity contribution in [1.82, 2.24) is 4.90 Å². The molecule has 1 heterocycles. The molecule has 14 nitrogen and oxygen atoms in total. The Labute approximate surface area is 310 Å². The molecule has 14 heteroatoms. The molecule has 14 unspecified atom stereocenters. The van der Waals surface area contributed by atoms with Crippen LogP contribution in [0.2, 0.25) is 0 Å². The molecular weight excluding hydrogens is 688 g/mol. The molecule has 1 aliphatic heterocycles. The van der Waals surface area contributed by atoms with Crippen molar-refractivity contribution < 1.29 is 57.8 Å². The molecule has 1 aromatic carbocycles. The first-order chi connectivity index (χ1) is 25.2. The lowest BCUT2D eigenvalue weighted by molar-refractivity contribution is -0.319. The molecule has 3 N–H and O–H groups in total. The molecule has 6 aliphatic rings. The maximum absolute atomic E-state index is 14.0. The SMILES string of the molecule is CCN1CC2(COC(=O)c3ccccc3NC(=O)CC(C)C(=O)OC)CCC(OC)C34C5CC6C(OC)CC(O)(C5C6OC(C)=O)C(O)(C(OC)C23)C14. The van der Waals surface area contributed by atoms with Gasteiger partial charge in [-0.15, -0.1) is 0 Å². The Morgan fingerprint density at radius 1 is 1.06 bits per heavy atom. The molecule has 6 fully saturated rings. The monoisotopic (exact) mass is 742 g/mol. The number of nitrogens with one attached hydrogen (secondary N) is 1. The number of nitrogens with zero attached hydrogens (tertiary/aromatic N) is 1. The van der Waals surface area contributed by atoms with Gasteiger partial charge in [-0.1, -0.05) is 26.0 Å². The molecule has 1 amide bonds. The Balaban J connectivity index is 1.27. The Hall–Kier alpha value is -3.14. The minimum atomic E-state index is -1.82. The average molecular weight is 743 g/mol. The predicted molar refractivity (Wildman–Crippen MR) is 187 cm³/mol. The van der Waals surface area contributed by atoms with Crippen molar-refractivity contribution in [3.63, 3.8) is 0 Å². The van der Waals surface area contributed by atoms with E-state index in [1.54, 1.807) is 52.5 Å². The van der Waals surface area contributed by atoms with Gasteiger partial charge >= 0.3 is 17.9 Å². The number of esters is 3. The van der Waals surface area contributed by atoms with Gasteiger partial charge in [-0.25, -0.2) is 4.79 Å². The number of rotatable bonds is 12. The largest absolute Gasteiger partial charge is 0.469 e. The fraction of sp³-hybridized carbons (Fsp3) is 0.744. The lowest BCUT2D eigenvalue weighted by Gasteiger charge is -2.70. The van der Waals surface area contributed by atoms with Crippen molar-refractivity contribution in [3.8, 4) is 0 Å². The zero-order chi connectivity index (χ0) is 38.2. The van der Waals surface area contributed by atoms with Gasteiger partial charge in [-0.05, 0) is 43.9 Å². The summed E-state index contributed by atoms with van der Waals surface area (Å²) in [5.41, 5.74) is -4.63. The van der Waals surface area contributed by atoms with Crippen LogP contribution in [-0.4, -0.2) is 129 Å². The van der Waals surface area contributed by atoms with E-state index in [4.69, 9.17) is 28.4 Å². The lowest BCUT2D eigenvalue weighted by Crippen LogP contribution is -2.82. The van der Waals surface area contributed by atoms with E-state index in [9.17, 15) is 29.4 Å². The van der Waals surface area contributed by atoms with Gasteiger partial charge in [0.25, 0.3) is 0 Å². The van der Waals surface area contributed by atoms with Crippen LogP contribution in [0.3, 0.4) is 0 Å². The Kier molecular flexibility index (Phi) is 9.76. The molecule has 1 saturated heterocycles. The summed E-state index contributed by atoms with van der Waals surface area (Å²) in [7, 11) is 6.11. The molecule has 0 aromatic heterocycles. The number of methoxy groups -OCH3 is 4. The lowest BCUT2D eigenvalue weighted by atomic mass is 9.42. The van der Waals surface area contributed by atoms with E-state index in [0.717, 1.165) is 0 Å². The smallest absolute Gasteiger partial charge is 0.340 e. The van der Waals surface area contributed by atoms with Gasteiger partial charge in [0.2, 0.25) is 5.91 Å². The predicted octanol–water partition coefficient (Wildman–Crippen LogP) is 2.19. The van der Waals surface area contributed by atoms with Gasteiger partial charge in [-0.2, -0.15) is 0 Å². The van der Waals surface area contributed by atoms with Crippen LogP contribution in [-0.2, 0) is 42.8 Å². The van der Waals surface area contributed by atoms with E-state index >= 15 is 0 Å². The third kappa shape index (κ3) is 5.11. The van der Waals surface area contributed by atoms with Crippen molar-refractivity contribution >= 4 is 29.5 Å². The van der Waals surface area contributed by atoms with Crippen molar-refractivity contribution in [1.29, 1.82) is 0 Å². The number of ether oxygens (including phenoxy) is 6. The van der Waals surface area contributed by atoms with Crippen LogP contribution in [0.1, 0.15) is 63.2 Å². The molecule has 5 saturated carbocycles. The van der Waals surface area contributed by atoms with Crippen LogP contribution < -0.4 is 5.32 Å². The summed E-state index contributed by atoms with van der Waals surface area (Å²) in [5, 5.41) is 29.5. The fourth-order valence-corrected chi connectivity index (χ4v) is 12.8. The summed E-state index contributed by atoms with van der Waals surface area (Å²) in [6, 6.07) is 6.01. The molecule has 0 radical (unpaired) electrons. The summed E-state index contributed by atoms with van der Waals surface area (Å²) in [4.78, 5) is 53.7. The van der Waals surface area contributed by atoms with Crippen LogP contribution in [0.15, 0.2) is 24.3 Å². The Morgan fingerprint density at radius 3 is 2.43 bits per heavy atom. The summed E-state index contributed by atoms with van der Waals surface area (Å²) >= 11 is 0. The molecule has 7 bridgehead atoms. The number of likely N-dealkylation sites (tertiary alicyclic amines) is 1. The van der Waals surface area contributed by atoms with Crippen molar-refractivity contribution in [2.24, 2.45) is 40.4 Å². The highest BCUT2D eigenvalue weighted by molar-refractivity contribution is 6.01. The number of anilines is 1. The third-order valence-corrected chi connectivity index (χ3v) is 14.3. The normalized spacial score (nSPS) is 42.4. The molecule has 1 aromatic rings. The zero-order valence-electron chi connectivity index (χ0n) is 31.7. The second kappa shape index (κ2) is 13.6. The zero-order valence-corrected chi connectivity index (χ0v) is 31.7. The Morgan fingerprint density at radius 2 is 1.79 bits per heavy atom. The fourth-order valence-electron chi connectivity index (χ4n) is 12.8. The van der Waals surface area contributed by atoms with Gasteiger partial charge in [0.05, 0.1) is 55.2 Å². The van der Waals surface area contributed by atoms with Gasteiger partial charge in [0.1, 0.15) is 17.3 Å². The molecule has 1 spiro atoms. The number of carbonyl (C=O) groups excluding carboxylic acids is 4. The van der Waals surface area contributed by atoms with E-state index < -0.39 is 88.0 Å². The molecule has 7 rings (SSSR count). The molecule has 53 heavy (non-hydrogen) atoms. The van der Waals surface area contributed by atoms with Crippen LogP contribution in [0.25, 0.3) is 0 Å². The number of fused-ring (bicyclic) bond motifs is 2. The van der Waals surface area contributed by atoms with E-state index in [1.807, 2.05) is 6.92 Å². The number of para-hydroxylation sites is 1. The second-order valence-electron chi connectivity index (χ2n) is 16.4. The minimum absolute atomic E-state index is 0.0111. The van der Waals surface area contributed by atoms with E-state index in [1.165, 1.54) is 14.0 Å². The molecule has 14 atom stereocenters. The minimum Gasteiger partial charge on any atom is -0.469 e. The summed E-state index contributed by atoms with van der Waals surface area (Å²) in [6.07, 6.45) is -0.514. The number of aliphatic hydroxyl groups is 2. The number of likely N-dealkylation sites (N-methyl/N-ethyl adjacent to an activating group) is 1. The van der Waals surface area contributed by atoms with Crippen LogP contribution in [0.4, 0.5) is 5.69 Å². The first-order valence-electron chi connectivity index (χ1n) is 18.8. The quantitative estimate of drug-likeness (QED) is 0.210.